The summed E-state index contributed by atoms with van der Waals surface area (Å²) in [6, 6.07) is 13.2. The fourth-order valence-corrected chi connectivity index (χ4v) is 3.42. The molecule has 0 fully saturated rings. The van der Waals surface area contributed by atoms with Crippen molar-refractivity contribution in [1.82, 2.24) is 0 Å². The first-order valence-corrected chi connectivity index (χ1v) is 8.80. The zero-order valence-corrected chi connectivity index (χ0v) is 14.6. The van der Waals surface area contributed by atoms with E-state index in [1.165, 1.54) is 0 Å². The molecule has 2 rings (SSSR count). The van der Waals surface area contributed by atoms with Gasteiger partial charge in [-0.2, -0.15) is 0 Å². The van der Waals surface area contributed by atoms with Gasteiger partial charge in [0.25, 0.3) is 0 Å². The summed E-state index contributed by atoms with van der Waals surface area (Å²) in [7, 11) is 0. The van der Waals surface area contributed by atoms with Gasteiger partial charge in [-0.05, 0) is 42.0 Å². The van der Waals surface area contributed by atoms with E-state index in [-0.39, 0.29) is 5.91 Å². The third kappa shape index (κ3) is 4.67. The van der Waals surface area contributed by atoms with Crippen LogP contribution >= 0.6 is 35.0 Å². The van der Waals surface area contributed by atoms with Gasteiger partial charge in [0.1, 0.15) is 0 Å². The second kappa shape index (κ2) is 8.47. The summed E-state index contributed by atoms with van der Waals surface area (Å²) in [6.45, 7) is 2.09. The standard InChI is InChI=1S/C17H17Cl2NOS/c1-2-22-16-9-4-3-8-15(16)20-17(21)11-10-12-13(18)6-5-7-14(12)19/h3-9H,2,10-11H2,1H3,(H,20,21). The van der Waals surface area contributed by atoms with Gasteiger partial charge in [0.05, 0.1) is 5.69 Å². The lowest BCUT2D eigenvalue weighted by Gasteiger charge is -2.11. The Labute approximate surface area is 145 Å². The average molecular weight is 354 g/mol. The van der Waals surface area contributed by atoms with Crippen molar-refractivity contribution in [3.8, 4) is 0 Å². The lowest BCUT2D eigenvalue weighted by molar-refractivity contribution is -0.116. The Balaban J connectivity index is 1.99. The second-order valence-electron chi connectivity index (χ2n) is 4.68. The van der Waals surface area contributed by atoms with Gasteiger partial charge in [-0.15, -0.1) is 11.8 Å². The molecule has 1 amide bonds. The van der Waals surface area contributed by atoms with Gasteiger partial charge < -0.3 is 5.32 Å². The molecular weight excluding hydrogens is 337 g/mol. The summed E-state index contributed by atoms with van der Waals surface area (Å²) < 4.78 is 0. The first-order valence-electron chi connectivity index (χ1n) is 7.06. The van der Waals surface area contributed by atoms with E-state index in [0.29, 0.717) is 22.9 Å². The molecule has 2 aromatic rings. The van der Waals surface area contributed by atoms with Gasteiger partial charge in [-0.25, -0.2) is 0 Å². The van der Waals surface area contributed by atoms with Crippen LogP contribution in [0.4, 0.5) is 5.69 Å². The molecule has 0 unspecified atom stereocenters. The third-order valence-corrected chi connectivity index (χ3v) is 4.79. The largest absolute Gasteiger partial charge is 0.325 e. The van der Waals surface area contributed by atoms with E-state index in [1.807, 2.05) is 24.3 Å². The summed E-state index contributed by atoms with van der Waals surface area (Å²) in [5.41, 5.74) is 1.67. The number of nitrogens with one attached hydrogen (secondary N) is 1. The molecule has 0 aliphatic carbocycles. The summed E-state index contributed by atoms with van der Waals surface area (Å²) in [4.78, 5) is 13.2. The Morgan fingerprint density at radius 1 is 1.09 bits per heavy atom. The van der Waals surface area contributed by atoms with Crippen molar-refractivity contribution >= 4 is 46.6 Å². The number of thioether (sulfide) groups is 1. The van der Waals surface area contributed by atoms with Gasteiger partial charge in [0, 0.05) is 21.4 Å². The fourth-order valence-electron chi connectivity index (χ4n) is 2.07. The van der Waals surface area contributed by atoms with Crippen molar-refractivity contribution in [2.24, 2.45) is 0 Å². The van der Waals surface area contributed by atoms with Gasteiger partial charge in [-0.1, -0.05) is 48.3 Å². The van der Waals surface area contributed by atoms with Crippen LogP contribution in [0.5, 0.6) is 0 Å². The summed E-state index contributed by atoms with van der Waals surface area (Å²) in [5.74, 6) is 0.919. The van der Waals surface area contributed by atoms with Gasteiger partial charge in [0.2, 0.25) is 5.91 Å². The van der Waals surface area contributed by atoms with E-state index in [9.17, 15) is 4.79 Å². The van der Waals surface area contributed by atoms with E-state index in [4.69, 9.17) is 23.2 Å². The van der Waals surface area contributed by atoms with Crippen LogP contribution < -0.4 is 5.32 Å². The van der Waals surface area contributed by atoms with Crippen LogP contribution in [-0.2, 0) is 11.2 Å². The maximum atomic E-state index is 12.2. The van der Waals surface area contributed by atoms with Crippen LogP contribution in [-0.4, -0.2) is 11.7 Å². The van der Waals surface area contributed by atoms with Crippen LogP contribution in [0.3, 0.4) is 0 Å². The van der Waals surface area contributed by atoms with E-state index < -0.39 is 0 Å². The maximum absolute atomic E-state index is 12.2. The molecule has 5 heteroatoms. The van der Waals surface area contributed by atoms with Crippen LogP contribution in [0, 0.1) is 0 Å². The number of para-hydroxylation sites is 1. The minimum absolute atomic E-state index is 0.0415. The first kappa shape index (κ1) is 17.2. The highest BCUT2D eigenvalue weighted by Crippen LogP contribution is 2.28. The van der Waals surface area contributed by atoms with E-state index in [2.05, 4.69) is 12.2 Å². The Morgan fingerprint density at radius 2 is 1.77 bits per heavy atom. The van der Waals surface area contributed by atoms with E-state index >= 15 is 0 Å². The molecule has 1 N–H and O–H groups in total. The van der Waals surface area contributed by atoms with Crippen molar-refractivity contribution in [2.75, 3.05) is 11.1 Å². The number of anilines is 1. The van der Waals surface area contributed by atoms with Crippen LogP contribution in [0.15, 0.2) is 47.4 Å². The molecular formula is C17H17Cl2NOS. The molecule has 0 radical (unpaired) electrons. The zero-order valence-electron chi connectivity index (χ0n) is 12.2. The number of benzene rings is 2. The predicted octanol–water partition coefficient (Wildman–Crippen LogP) is 5.68. The van der Waals surface area contributed by atoms with E-state index in [0.717, 1.165) is 21.9 Å². The van der Waals surface area contributed by atoms with Crippen LogP contribution in [0.1, 0.15) is 18.9 Å². The SMILES string of the molecule is CCSc1ccccc1NC(=O)CCc1c(Cl)cccc1Cl. The van der Waals surface area contributed by atoms with E-state index in [1.54, 1.807) is 30.0 Å². The number of carbonyl (C=O) groups excluding carboxylic acids is 1. The Kier molecular flexibility index (Phi) is 6.62. The number of halogens is 2. The molecule has 0 saturated carbocycles. The molecule has 0 spiro atoms. The number of hydrogen-bond donors (Lipinski definition) is 1. The molecule has 2 nitrogen and oxygen atoms in total. The molecule has 0 heterocycles. The highest BCUT2D eigenvalue weighted by molar-refractivity contribution is 7.99. The van der Waals surface area contributed by atoms with Crippen molar-refractivity contribution < 1.29 is 4.79 Å². The zero-order chi connectivity index (χ0) is 15.9. The minimum Gasteiger partial charge on any atom is -0.325 e. The molecule has 0 atom stereocenters. The third-order valence-electron chi connectivity index (χ3n) is 3.12. The Morgan fingerprint density at radius 3 is 2.45 bits per heavy atom. The van der Waals surface area contributed by atoms with Crippen LogP contribution in [0.2, 0.25) is 10.0 Å². The molecule has 0 saturated heterocycles. The monoisotopic (exact) mass is 353 g/mol. The molecule has 2 aromatic carbocycles. The molecule has 0 aliphatic heterocycles. The minimum atomic E-state index is -0.0415. The van der Waals surface area contributed by atoms with Gasteiger partial charge in [0.15, 0.2) is 0 Å². The van der Waals surface area contributed by atoms with Gasteiger partial charge >= 0.3 is 0 Å². The fraction of sp³-hybridized carbons (Fsp3) is 0.235. The number of hydrogen-bond acceptors (Lipinski definition) is 2. The summed E-state index contributed by atoms with van der Waals surface area (Å²) >= 11 is 13.9. The maximum Gasteiger partial charge on any atom is 0.224 e. The number of amides is 1. The summed E-state index contributed by atoms with van der Waals surface area (Å²) in [6.07, 6.45) is 0.863. The lowest BCUT2D eigenvalue weighted by Crippen LogP contribution is -2.13. The van der Waals surface area contributed by atoms with Crippen molar-refractivity contribution in [2.45, 2.75) is 24.7 Å². The molecule has 0 aliphatic rings. The lowest BCUT2D eigenvalue weighted by atomic mass is 10.1. The van der Waals surface area contributed by atoms with Crippen molar-refractivity contribution in [3.05, 3.63) is 58.1 Å². The summed E-state index contributed by atoms with van der Waals surface area (Å²) in [5, 5.41) is 4.16. The molecule has 22 heavy (non-hydrogen) atoms. The number of rotatable bonds is 6. The Hall–Kier alpha value is -1.16. The Bertz CT molecular complexity index is 641. The van der Waals surface area contributed by atoms with Crippen LogP contribution in [0.25, 0.3) is 0 Å². The predicted molar refractivity (Wildman–Crippen MR) is 96.3 cm³/mol. The smallest absolute Gasteiger partial charge is 0.224 e. The highest BCUT2D eigenvalue weighted by atomic mass is 35.5. The topological polar surface area (TPSA) is 29.1 Å². The first-order chi connectivity index (χ1) is 10.6. The second-order valence-corrected chi connectivity index (χ2v) is 6.80. The number of carbonyl (C=O) groups is 1. The molecule has 0 aromatic heterocycles. The highest BCUT2D eigenvalue weighted by Gasteiger charge is 2.10. The molecule has 116 valence electrons. The quantitative estimate of drug-likeness (QED) is 0.677. The molecule has 0 bridgehead atoms. The van der Waals surface area contributed by atoms with Crippen molar-refractivity contribution in [3.63, 3.8) is 0 Å². The normalized spacial score (nSPS) is 10.5. The van der Waals surface area contributed by atoms with Crippen molar-refractivity contribution in [1.29, 1.82) is 0 Å². The average Bonchev–Trinajstić information content (AvgIpc) is 2.49. The van der Waals surface area contributed by atoms with Gasteiger partial charge in [-0.3, -0.25) is 4.79 Å².